The SMILES string of the molecule is O=C(c1ccc(O[C@H]2CC[NH2+]C2)c(C2CCCCC2)c1)N1CCC(Oc2cc(F)cc(N3C[C@H]4C[NH2+]C[C@H]4C3)c2)CC1. The molecule has 1 saturated carbocycles. The van der Waals surface area contributed by atoms with Crippen LogP contribution in [0.5, 0.6) is 11.5 Å². The lowest BCUT2D eigenvalue weighted by Gasteiger charge is -2.33. The largest absolute Gasteiger partial charge is 0.490 e. The molecule has 0 unspecified atom stereocenters. The maximum atomic E-state index is 14.6. The number of piperidine rings is 1. The van der Waals surface area contributed by atoms with Gasteiger partial charge in [-0.25, -0.2) is 4.39 Å². The van der Waals surface area contributed by atoms with Gasteiger partial charge in [0.15, 0.2) is 6.10 Å². The van der Waals surface area contributed by atoms with E-state index < -0.39 is 0 Å². The number of hydrogen-bond donors (Lipinski definition) is 2. The maximum absolute atomic E-state index is 14.6. The number of hydrogen-bond acceptors (Lipinski definition) is 4. The highest BCUT2D eigenvalue weighted by Gasteiger charge is 2.39. The topological polar surface area (TPSA) is 75.2 Å². The molecule has 7 rings (SSSR count). The number of anilines is 1. The maximum Gasteiger partial charge on any atom is 0.253 e. The summed E-state index contributed by atoms with van der Waals surface area (Å²) in [6.07, 6.45) is 8.95. The minimum absolute atomic E-state index is 0.0203. The van der Waals surface area contributed by atoms with E-state index in [1.807, 2.05) is 17.0 Å². The summed E-state index contributed by atoms with van der Waals surface area (Å²) >= 11 is 0. The number of ether oxygens (including phenoxy) is 2. The molecule has 5 fully saturated rings. The average molecular weight is 579 g/mol. The summed E-state index contributed by atoms with van der Waals surface area (Å²) in [5, 5.41) is 4.72. The zero-order valence-corrected chi connectivity index (χ0v) is 24.8. The Kier molecular flexibility index (Phi) is 8.26. The monoisotopic (exact) mass is 578 g/mol. The lowest BCUT2D eigenvalue weighted by molar-refractivity contribution is -0.640. The summed E-state index contributed by atoms with van der Waals surface area (Å²) in [5.41, 5.74) is 2.93. The van der Waals surface area contributed by atoms with Crippen LogP contribution >= 0.6 is 0 Å². The van der Waals surface area contributed by atoms with Crippen molar-refractivity contribution in [1.29, 1.82) is 0 Å². The molecule has 42 heavy (non-hydrogen) atoms. The minimum atomic E-state index is -0.244. The van der Waals surface area contributed by atoms with E-state index in [9.17, 15) is 9.18 Å². The summed E-state index contributed by atoms with van der Waals surface area (Å²) in [7, 11) is 0. The second kappa shape index (κ2) is 12.4. The van der Waals surface area contributed by atoms with Crippen molar-refractivity contribution in [2.75, 3.05) is 57.3 Å². The number of amides is 1. The van der Waals surface area contributed by atoms with Crippen LogP contribution < -0.4 is 25.0 Å². The number of carbonyl (C=O) groups is 1. The van der Waals surface area contributed by atoms with Gasteiger partial charge in [0, 0.05) is 80.7 Å². The van der Waals surface area contributed by atoms with Gasteiger partial charge in [0.1, 0.15) is 30.0 Å². The molecule has 0 aromatic heterocycles. The van der Waals surface area contributed by atoms with Crippen LogP contribution in [0.15, 0.2) is 36.4 Å². The van der Waals surface area contributed by atoms with Crippen molar-refractivity contribution in [1.82, 2.24) is 4.90 Å². The number of fused-ring (bicyclic) bond motifs is 1. The standard InChI is InChI=1S/C34H45FN4O3/c35-27-15-28(39-21-25-18-37-19-26(25)22-39)17-31(16-27)41-29-9-12-38(13-10-29)34(40)24-6-7-33(42-30-8-11-36-20-30)32(14-24)23-4-2-1-3-5-23/h6-7,14-17,23,25-26,29-30,36-37H,1-5,8-13,18-22H2/p+2/t25-,26+,30-/m0/s1. The number of nitrogens with two attached hydrogens (primary N) is 2. The quantitative estimate of drug-likeness (QED) is 0.530. The molecule has 5 aliphatic rings. The molecular weight excluding hydrogens is 531 g/mol. The third-order valence-corrected chi connectivity index (χ3v) is 10.5. The third-order valence-electron chi connectivity index (χ3n) is 10.5. The van der Waals surface area contributed by atoms with Gasteiger partial charge in [-0.15, -0.1) is 0 Å². The molecule has 3 atom stereocenters. The molecule has 226 valence electrons. The highest BCUT2D eigenvalue weighted by atomic mass is 19.1. The molecule has 0 radical (unpaired) electrons. The van der Waals surface area contributed by atoms with Crippen LogP contribution in [0.4, 0.5) is 10.1 Å². The van der Waals surface area contributed by atoms with E-state index in [1.165, 1.54) is 56.8 Å². The van der Waals surface area contributed by atoms with Crippen molar-refractivity contribution in [2.45, 2.75) is 69.5 Å². The average Bonchev–Trinajstić information content (AvgIpc) is 3.77. The van der Waals surface area contributed by atoms with E-state index in [0.29, 0.717) is 36.6 Å². The van der Waals surface area contributed by atoms with E-state index in [2.05, 4.69) is 27.7 Å². The molecule has 7 nitrogen and oxygen atoms in total. The van der Waals surface area contributed by atoms with Gasteiger partial charge in [0.25, 0.3) is 5.91 Å². The lowest BCUT2D eigenvalue weighted by Crippen LogP contribution is -2.82. The molecule has 4 aliphatic heterocycles. The van der Waals surface area contributed by atoms with Crippen LogP contribution in [-0.2, 0) is 0 Å². The summed E-state index contributed by atoms with van der Waals surface area (Å²) in [6, 6.07) is 11.3. The highest BCUT2D eigenvalue weighted by Crippen LogP contribution is 2.39. The van der Waals surface area contributed by atoms with Crippen LogP contribution in [0.3, 0.4) is 0 Å². The van der Waals surface area contributed by atoms with Crippen LogP contribution in [0.25, 0.3) is 0 Å². The molecule has 4 saturated heterocycles. The van der Waals surface area contributed by atoms with E-state index in [4.69, 9.17) is 9.47 Å². The molecule has 4 heterocycles. The van der Waals surface area contributed by atoms with Crippen LogP contribution in [0, 0.1) is 17.7 Å². The van der Waals surface area contributed by atoms with Crippen LogP contribution in [-0.4, -0.2) is 75.4 Å². The van der Waals surface area contributed by atoms with Crippen molar-refractivity contribution in [3.05, 3.63) is 53.3 Å². The number of likely N-dealkylation sites (tertiary alicyclic amines) is 1. The van der Waals surface area contributed by atoms with E-state index in [0.717, 1.165) is 62.4 Å². The van der Waals surface area contributed by atoms with E-state index in [-0.39, 0.29) is 23.9 Å². The molecule has 2 aromatic rings. The molecule has 8 heteroatoms. The van der Waals surface area contributed by atoms with Gasteiger partial charge in [-0.1, -0.05) is 19.3 Å². The Morgan fingerprint density at radius 3 is 2.33 bits per heavy atom. The van der Waals surface area contributed by atoms with Gasteiger partial charge in [-0.3, -0.25) is 4.79 Å². The fourth-order valence-electron chi connectivity index (χ4n) is 8.09. The van der Waals surface area contributed by atoms with E-state index in [1.54, 1.807) is 6.07 Å². The second-order valence-electron chi connectivity index (χ2n) is 13.4. The van der Waals surface area contributed by atoms with Gasteiger partial charge in [-0.2, -0.15) is 0 Å². The zero-order chi connectivity index (χ0) is 28.5. The highest BCUT2D eigenvalue weighted by molar-refractivity contribution is 5.94. The molecule has 2 aromatic carbocycles. The molecule has 1 amide bonds. The Bertz CT molecular complexity index is 1240. The summed E-state index contributed by atoms with van der Waals surface area (Å²) in [5.74, 6) is 3.31. The van der Waals surface area contributed by atoms with Gasteiger partial charge in [0.2, 0.25) is 0 Å². The number of nitrogens with zero attached hydrogens (tertiary/aromatic N) is 2. The molecule has 0 bridgehead atoms. The smallest absolute Gasteiger partial charge is 0.253 e. The van der Waals surface area contributed by atoms with Gasteiger partial charge < -0.3 is 29.9 Å². The van der Waals surface area contributed by atoms with Crippen molar-refractivity contribution in [2.24, 2.45) is 11.8 Å². The second-order valence-corrected chi connectivity index (χ2v) is 13.4. The first-order valence-corrected chi connectivity index (χ1v) is 16.5. The molecule has 1 aliphatic carbocycles. The number of benzene rings is 2. The number of quaternary nitrogens is 2. The van der Waals surface area contributed by atoms with Crippen molar-refractivity contribution in [3.63, 3.8) is 0 Å². The zero-order valence-electron chi connectivity index (χ0n) is 24.8. The Hall–Kier alpha value is -2.84. The number of halogens is 1. The van der Waals surface area contributed by atoms with Gasteiger partial charge in [-0.05, 0) is 48.6 Å². The first-order valence-electron chi connectivity index (χ1n) is 16.5. The fraction of sp³-hybridized carbons (Fsp3) is 0.618. The summed E-state index contributed by atoms with van der Waals surface area (Å²) in [4.78, 5) is 17.9. The van der Waals surface area contributed by atoms with Crippen LogP contribution in [0.2, 0.25) is 0 Å². The predicted molar refractivity (Wildman–Crippen MR) is 160 cm³/mol. The summed E-state index contributed by atoms with van der Waals surface area (Å²) in [6.45, 7) is 7.78. The van der Waals surface area contributed by atoms with Gasteiger partial charge in [0.05, 0.1) is 19.6 Å². The Labute approximate surface area is 249 Å². The summed E-state index contributed by atoms with van der Waals surface area (Å²) < 4.78 is 27.4. The number of carbonyl (C=O) groups excluding carboxylic acids is 1. The molecule has 4 N–H and O–H groups in total. The van der Waals surface area contributed by atoms with Gasteiger partial charge >= 0.3 is 0 Å². The van der Waals surface area contributed by atoms with Crippen LogP contribution in [0.1, 0.15) is 73.2 Å². The first kappa shape index (κ1) is 28.0. The first-order chi connectivity index (χ1) is 20.6. The Balaban J connectivity index is 0.984. The third kappa shape index (κ3) is 6.11. The Morgan fingerprint density at radius 1 is 0.810 bits per heavy atom. The fourth-order valence-corrected chi connectivity index (χ4v) is 8.09. The normalized spacial score (nSPS) is 26.9. The molecular formula is C34H47FN4O3+2. The van der Waals surface area contributed by atoms with Crippen molar-refractivity contribution >= 4 is 11.6 Å². The lowest BCUT2D eigenvalue weighted by atomic mass is 9.83. The van der Waals surface area contributed by atoms with Crippen molar-refractivity contribution < 1.29 is 29.3 Å². The minimum Gasteiger partial charge on any atom is -0.490 e. The molecule has 0 spiro atoms. The predicted octanol–water partition coefficient (Wildman–Crippen LogP) is 2.90. The van der Waals surface area contributed by atoms with E-state index >= 15 is 0 Å². The number of rotatable bonds is 7. The Morgan fingerprint density at radius 2 is 1.60 bits per heavy atom. The van der Waals surface area contributed by atoms with Crippen molar-refractivity contribution in [3.8, 4) is 11.5 Å².